The van der Waals surface area contributed by atoms with Gasteiger partial charge in [0.25, 0.3) is 0 Å². The Balaban J connectivity index is 1.82. The summed E-state index contributed by atoms with van der Waals surface area (Å²) in [6.45, 7) is 1.85. The van der Waals surface area contributed by atoms with E-state index in [2.05, 4.69) is 16.9 Å². The molecule has 0 fully saturated rings. The Bertz CT molecular complexity index is 608. The topological polar surface area (TPSA) is 53.4 Å². The van der Waals surface area contributed by atoms with Crippen molar-refractivity contribution < 1.29 is 9.90 Å². The molecule has 5 heteroatoms. The van der Waals surface area contributed by atoms with Gasteiger partial charge in [-0.25, -0.2) is 4.79 Å². The number of nitrogens with zero attached hydrogens (tertiary/aromatic N) is 2. The van der Waals surface area contributed by atoms with Crippen LogP contribution in [0, 0.1) is 0 Å². The van der Waals surface area contributed by atoms with E-state index in [-0.39, 0.29) is 0 Å². The average molecular weight is 302 g/mol. The zero-order chi connectivity index (χ0) is 15.1. The number of carboxylic acids is 1. The molecule has 110 valence electrons. The number of aromatic nitrogens is 1. The van der Waals surface area contributed by atoms with Gasteiger partial charge in [0.05, 0.1) is 0 Å². The molecule has 0 aliphatic carbocycles. The second-order valence-electron chi connectivity index (χ2n) is 4.86. The number of pyridine rings is 1. The minimum Gasteiger partial charge on any atom is -0.478 e. The van der Waals surface area contributed by atoms with Crippen LogP contribution in [0.4, 0.5) is 0 Å². The highest BCUT2D eigenvalue weighted by Crippen LogP contribution is 2.17. The molecule has 0 radical (unpaired) electrons. The second-order valence-corrected chi connectivity index (χ2v) is 5.86. The summed E-state index contributed by atoms with van der Waals surface area (Å²) in [6.07, 6.45) is 7.42. The van der Waals surface area contributed by atoms with E-state index in [1.807, 2.05) is 36.0 Å². The molecule has 0 aliphatic rings. The van der Waals surface area contributed by atoms with Crippen LogP contribution < -0.4 is 0 Å². The maximum atomic E-state index is 10.5. The van der Waals surface area contributed by atoms with E-state index in [4.69, 9.17) is 5.11 Å². The molecule has 0 unspecified atom stereocenters. The van der Waals surface area contributed by atoms with Crippen molar-refractivity contribution in [1.29, 1.82) is 0 Å². The number of rotatable bonds is 7. The zero-order valence-corrected chi connectivity index (χ0v) is 12.7. The fraction of sp³-hybridized carbons (Fsp3) is 0.250. The van der Waals surface area contributed by atoms with Crippen LogP contribution in [0.15, 0.2) is 42.0 Å². The lowest BCUT2D eigenvalue weighted by Crippen LogP contribution is -2.20. The number of likely N-dealkylation sites (N-methyl/N-ethyl adjacent to an activating group) is 1. The predicted octanol–water partition coefficient (Wildman–Crippen LogP) is 2.92. The summed E-state index contributed by atoms with van der Waals surface area (Å²) in [5.41, 5.74) is 2.23. The lowest BCUT2D eigenvalue weighted by Gasteiger charge is -2.15. The van der Waals surface area contributed by atoms with E-state index in [1.54, 1.807) is 17.4 Å². The van der Waals surface area contributed by atoms with Crippen molar-refractivity contribution in [2.45, 2.75) is 13.0 Å². The molecule has 2 aromatic rings. The van der Waals surface area contributed by atoms with Crippen LogP contribution in [0.2, 0.25) is 0 Å². The van der Waals surface area contributed by atoms with Gasteiger partial charge in [-0.2, -0.15) is 0 Å². The Labute approximate surface area is 128 Å². The van der Waals surface area contributed by atoms with Crippen LogP contribution in [0.5, 0.6) is 0 Å². The van der Waals surface area contributed by atoms with Gasteiger partial charge in [-0.3, -0.25) is 4.98 Å². The largest absolute Gasteiger partial charge is 0.478 e. The molecule has 0 bridgehead atoms. The molecule has 0 amide bonds. The third-order valence-corrected chi connectivity index (χ3v) is 3.99. The van der Waals surface area contributed by atoms with Crippen molar-refractivity contribution in [3.05, 3.63) is 58.1 Å². The average Bonchev–Trinajstić information content (AvgIpc) is 2.91. The minimum atomic E-state index is -0.919. The zero-order valence-electron chi connectivity index (χ0n) is 11.9. The SMILES string of the molecule is CN(CCc1ccncc1)Cc1cc(C=CC(=O)O)cs1. The van der Waals surface area contributed by atoms with Gasteiger partial charge < -0.3 is 10.0 Å². The first-order valence-corrected chi connectivity index (χ1v) is 7.57. The van der Waals surface area contributed by atoms with Gasteiger partial charge >= 0.3 is 5.97 Å². The van der Waals surface area contributed by atoms with Gasteiger partial charge in [0, 0.05) is 36.4 Å². The van der Waals surface area contributed by atoms with E-state index in [0.29, 0.717) is 0 Å². The lowest BCUT2D eigenvalue weighted by atomic mass is 10.2. The van der Waals surface area contributed by atoms with E-state index in [0.717, 1.165) is 25.1 Å². The molecule has 21 heavy (non-hydrogen) atoms. The molecular weight excluding hydrogens is 284 g/mol. The van der Waals surface area contributed by atoms with Gasteiger partial charge in [0.15, 0.2) is 0 Å². The minimum absolute atomic E-state index is 0.872. The molecule has 0 aromatic carbocycles. The molecule has 2 rings (SSSR count). The molecular formula is C16H18N2O2S. The van der Waals surface area contributed by atoms with E-state index >= 15 is 0 Å². The Kier molecular flexibility index (Phi) is 5.66. The van der Waals surface area contributed by atoms with Gasteiger partial charge in [-0.1, -0.05) is 0 Å². The van der Waals surface area contributed by atoms with Crippen LogP contribution >= 0.6 is 11.3 Å². The fourth-order valence-electron chi connectivity index (χ4n) is 1.95. The number of aliphatic carboxylic acids is 1. The molecule has 4 nitrogen and oxygen atoms in total. The molecule has 0 atom stereocenters. The van der Waals surface area contributed by atoms with Crippen molar-refractivity contribution in [2.24, 2.45) is 0 Å². The summed E-state index contributed by atoms with van der Waals surface area (Å²) in [5.74, 6) is -0.919. The van der Waals surface area contributed by atoms with Crippen LogP contribution in [0.1, 0.15) is 16.0 Å². The van der Waals surface area contributed by atoms with Crippen molar-refractivity contribution in [2.75, 3.05) is 13.6 Å². The summed E-state index contributed by atoms with van der Waals surface area (Å²) >= 11 is 1.66. The van der Waals surface area contributed by atoms with Crippen molar-refractivity contribution >= 4 is 23.4 Å². The van der Waals surface area contributed by atoms with E-state index in [1.165, 1.54) is 16.5 Å². The summed E-state index contributed by atoms with van der Waals surface area (Å²) in [5, 5.41) is 10.6. The standard InChI is InChI=1S/C16H18N2O2S/c1-18(9-6-13-4-7-17-8-5-13)11-15-10-14(12-21-15)2-3-16(19)20/h2-5,7-8,10,12H,6,9,11H2,1H3,(H,19,20). The Hall–Kier alpha value is -1.98. The Morgan fingerprint density at radius 1 is 1.43 bits per heavy atom. The molecule has 0 saturated carbocycles. The first-order valence-electron chi connectivity index (χ1n) is 6.69. The lowest BCUT2D eigenvalue weighted by molar-refractivity contribution is -0.131. The highest BCUT2D eigenvalue weighted by Gasteiger charge is 2.04. The molecule has 0 aliphatic heterocycles. The van der Waals surface area contributed by atoms with Crippen LogP contribution in [0.3, 0.4) is 0 Å². The fourth-order valence-corrected chi connectivity index (χ4v) is 2.88. The molecule has 0 spiro atoms. The Morgan fingerprint density at radius 2 is 2.19 bits per heavy atom. The monoisotopic (exact) mass is 302 g/mol. The maximum absolute atomic E-state index is 10.5. The van der Waals surface area contributed by atoms with Gasteiger partial charge in [-0.15, -0.1) is 11.3 Å². The number of thiophene rings is 1. The van der Waals surface area contributed by atoms with Gasteiger partial charge in [0.1, 0.15) is 0 Å². The van der Waals surface area contributed by atoms with Crippen LogP contribution in [-0.4, -0.2) is 34.6 Å². The van der Waals surface area contributed by atoms with Gasteiger partial charge in [0.2, 0.25) is 0 Å². The summed E-state index contributed by atoms with van der Waals surface area (Å²) in [6, 6.07) is 6.11. The molecule has 1 N–H and O–H groups in total. The quantitative estimate of drug-likeness (QED) is 0.799. The molecule has 2 heterocycles. The first kappa shape index (κ1) is 15.4. The van der Waals surface area contributed by atoms with Crippen LogP contribution in [-0.2, 0) is 17.8 Å². The second kappa shape index (κ2) is 7.71. The van der Waals surface area contributed by atoms with E-state index < -0.39 is 5.97 Å². The third kappa shape index (κ3) is 5.49. The number of carboxylic acid groups (broad SMARTS) is 1. The first-order chi connectivity index (χ1) is 10.1. The van der Waals surface area contributed by atoms with Crippen LogP contribution in [0.25, 0.3) is 6.08 Å². The van der Waals surface area contributed by atoms with Crippen molar-refractivity contribution in [3.63, 3.8) is 0 Å². The number of carbonyl (C=O) groups is 1. The summed E-state index contributed by atoms with van der Waals surface area (Å²) < 4.78 is 0. The van der Waals surface area contributed by atoms with Gasteiger partial charge in [-0.05, 0) is 54.3 Å². The highest BCUT2D eigenvalue weighted by molar-refractivity contribution is 7.10. The number of hydrogen-bond donors (Lipinski definition) is 1. The normalized spacial score (nSPS) is 11.3. The summed E-state index contributed by atoms with van der Waals surface area (Å²) in [4.78, 5) is 18.0. The van der Waals surface area contributed by atoms with Crippen molar-refractivity contribution in [3.8, 4) is 0 Å². The maximum Gasteiger partial charge on any atom is 0.328 e. The highest BCUT2D eigenvalue weighted by atomic mass is 32.1. The predicted molar refractivity (Wildman–Crippen MR) is 85.3 cm³/mol. The smallest absolute Gasteiger partial charge is 0.328 e. The molecule has 2 aromatic heterocycles. The Morgan fingerprint density at radius 3 is 2.90 bits per heavy atom. The van der Waals surface area contributed by atoms with Crippen molar-refractivity contribution in [1.82, 2.24) is 9.88 Å². The molecule has 0 saturated heterocycles. The number of hydrogen-bond acceptors (Lipinski definition) is 4. The summed E-state index contributed by atoms with van der Waals surface area (Å²) in [7, 11) is 2.09. The third-order valence-electron chi connectivity index (χ3n) is 3.05. The van der Waals surface area contributed by atoms with E-state index in [9.17, 15) is 4.79 Å².